The predicted molar refractivity (Wildman–Crippen MR) is 44.9 cm³/mol. The standard InChI is InChI=1S/C7H4ClNO2S/c8-9-7(10)5-3-1-2-4-6(5)12(9)11/h1-4H. The van der Waals surface area contributed by atoms with Crippen LogP contribution in [-0.4, -0.2) is 13.9 Å². The van der Waals surface area contributed by atoms with Crippen molar-refractivity contribution in [3.8, 4) is 0 Å². The molecular weight excluding hydrogens is 198 g/mol. The minimum absolute atomic E-state index is 0.398. The van der Waals surface area contributed by atoms with E-state index in [0.29, 0.717) is 14.3 Å². The van der Waals surface area contributed by atoms with Crippen molar-refractivity contribution in [2.24, 2.45) is 0 Å². The first-order valence-corrected chi connectivity index (χ1v) is 4.67. The molecule has 1 aromatic carbocycles. The van der Waals surface area contributed by atoms with Crippen molar-refractivity contribution in [3.05, 3.63) is 29.8 Å². The maximum Gasteiger partial charge on any atom is 0.282 e. The van der Waals surface area contributed by atoms with Crippen LogP contribution in [0.1, 0.15) is 10.4 Å². The van der Waals surface area contributed by atoms with Gasteiger partial charge in [0.2, 0.25) is 0 Å². The monoisotopic (exact) mass is 201 g/mol. The highest BCUT2D eigenvalue weighted by molar-refractivity contribution is 7.85. The first-order chi connectivity index (χ1) is 5.72. The number of nitrogens with zero attached hydrogens (tertiary/aromatic N) is 1. The second kappa shape index (κ2) is 2.57. The third-order valence-electron chi connectivity index (χ3n) is 1.61. The van der Waals surface area contributed by atoms with Crippen LogP contribution >= 0.6 is 11.8 Å². The molecule has 0 aliphatic carbocycles. The predicted octanol–water partition coefficient (Wildman–Crippen LogP) is 1.32. The largest absolute Gasteiger partial charge is 0.282 e. The van der Waals surface area contributed by atoms with Crippen LogP contribution in [0.4, 0.5) is 0 Å². The first kappa shape index (κ1) is 7.76. The van der Waals surface area contributed by atoms with Crippen molar-refractivity contribution in [2.75, 3.05) is 0 Å². The third-order valence-corrected chi connectivity index (χ3v) is 3.33. The molecule has 1 heterocycles. The Bertz CT molecular complexity index is 344. The second-order valence-corrected chi connectivity index (χ2v) is 4.14. The fourth-order valence-electron chi connectivity index (χ4n) is 1.05. The van der Waals surface area contributed by atoms with Gasteiger partial charge in [-0.25, -0.2) is 4.21 Å². The molecule has 0 N–H and O–H groups in total. The van der Waals surface area contributed by atoms with Gasteiger partial charge >= 0.3 is 0 Å². The molecule has 1 unspecified atom stereocenters. The van der Waals surface area contributed by atoms with E-state index in [4.69, 9.17) is 11.8 Å². The van der Waals surface area contributed by atoms with E-state index in [9.17, 15) is 9.00 Å². The summed E-state index contributed by atoms with van der Waals surface area (Å²) in [6, 6.07) is 6.67. The molecule has 0 aromatic heterocycles. The summed E-state index contributed by atoms with van der Waals surface area (Å²) in [4.78, 5) is 11.7. The Kier molecular flexibility index (Phi) is 1.66. The van der Waals surface area contributed by atoms with Crippen LogP contribution in [0.5, 0.6) is 0 Å². The van der Waals surface area contributed by atoms with Gasteiger partial charge in [0.25, 0.3) is 5.91 Å². The smallest absolute Gasteiger partial charge is 0.267 e. The molecular formula is C7H4ClNO2S. The zero-order valence-electron chi connectivity index (χ0n) is 5.86. The SMILES string of the molecule is O=C1c2ccccc2S(=O)N1Cl. The summed E-state index contributed by atoms with van der Waals surface area (Å²) in [5, 5.41) is 0. The van der Waals surface area contributed by atoms with E-state index in [1.807, 2.05) is 0 Å². The number of carbonyl (C=O) groups is 1. The number of hydrogen-bond donors (Lipinski definition) is 0. The van der Waals surface area contributed by atoms with Crippen molar-refractivity contribution in [2.45, 2.75) is 4.90 Å². The van der Waals surface area contributed by atoms with Gasteiger partial charge < -0.3 is 0 Å². The number of halogens is 1. The summed E-state index contributed by atoms with van der Waals surface area (Å²) in [5.41, 5.74) is 0.422. The summed E-state index contributed by atoms with van der Waals surface area (Å²) in [7, 11) is -1.52. The summed E-state index contributed by atoms with van der Waals surface area (Å²) in [5.74, 6) is -0.398. The van der Waals surface area contributed by atoms with Gasteiger partial charge in [-0.2, -0.15) is 3.82 Å². The van der Waals surface area contributed by atoms with E-state index < -0.39 is 16.9 Å². The van der Waals surface area contributed by atoms with Crippen LogP contribution in [0, 0.1) is 0 Å². The van der Waals surface area contributed by atoms with E-state index in [0.717, 1.165) is 0 Å². The second-order valence-electron chi connectivity index (χ2n) is 2.30. The molecule has 1 aliphatic rings. The third kappa shape index (κ3) is 0.884. The fraction of sp³-hybridized carbons (Fsp3) is 0. The molecule has 0 saturated heterocycles. The number of benzene rings is 1. The van der Waals surface area contributed by atoms with E-state index >= 15 is 0 Å². The van der Waals surface area contributed by atoms with Gasteiger partial charge in [0.15, 0.2) is 11.0 Å². The molecule has 1 aromatic rings. The Morgan fingerprint density at radius 1 is 1.33 bits per heavy atom. The number of carbonyl (C=O) groups excluding carboxylic acids is 1. The molecule has 5 heteroatoms. The topological polar surface area (TPSA) is 37.4 Å². The Labute approximate surface area is 76.6 Å². The van der Waals surface area contributed by atoms with Crippen LogP contribution in [0.2, 0.25) is 0 Å². The molecule has 12 heavy (non-hydrogen) atoms. The van der Waals surface area contributed by atoms with Gasteiger partial charge in [-0.3, -0.25) is 4.79 Å². The van der Waals surface area contributed by atoms with Gasteiger partial charge in [-0.1, -0.05) is 12.1 Å². The Balaban J connectivity index is 2.67. The quantitative estimate of drug-likeness (QED) is 0.594. The molecule has 0 bridgehead atoms. The average molecular weight is 202 g/mol. The minimum atomic E-state index is -1.52. The number of fused-ring (bicyclic) bond motifs is 1. The number of rotatable bonds is 0. The molecule has 1 amide bonds. The zero-order chi connectivity index (χ0) is 8.72. The zero-order valence-corrected chi connectivity index (χ0v) is 7.43. The van der Waals surface area contributed by atoms with Gasteiger partial charge in [0.1, 0.15) is 0 Å². The highest BCUT2D eigenvalue weighted by Gasteiger charge is 2.32. The maximum atomic E-state index is 11.3. The van der Waals surface area contributed by atoms with E-state index in [1.165, 1.54) is 0 Å². The van der Waals surface area contributed by atoms with E-state index in [-0.39, 0.29) is 0 Å². The number of amides is 1. The fourth-order valence-corrected chi connectivity index (χ4v) is 2.33. The van der Waals surface area contributed by atoms with Crippen LogP contribution in [-0.2, 0) is 11.0 Å². The van der Waals surface area contributed by atoms with Gasteiger partial charge in [0, 0.05) is 11.8 Å². The molecule has 1 atom stereocenters. The summed E-state index contributed by atoms with van der Waals surface area (Å²) < 4.78 is 12.0. The number of hydrogen-bond acceptors (Lipinski definition) is 2. The lowest BCUT2D eigenvalue weighted by atomic mass is 10.2. The first-order valence-electron chi connectivity index (χ1n) is 3.23. The van der Waals surface area contributed by atoms with Crippen molar-refractivity contribution >= 4 is 28.7 Å². The van der Waals surface area contributed by atoms with E-state index in [1.54, 1.807) is 24.3 Å². The molecule has 1 aliphatic heterocycles. The maximum absolute atomic E-state index is 11.3. The average Bonchev–Trinajstić information content (AvgIpc) is 2.33. The van der Waals surface area contributed by atoms with Gasteiger partial charge in [-0.15, -0.1) is 0 Å². The Hall–Kier alpha value is -0.870. The Morgan fingerprint density at radius 2 is 2.00 bits per heavy atom. The molecule has 3 nitrogen and oxygen atoms in total. The van der Waals surface area contributed by atoms with Gasteiger partial charge in [0.05, 0.1) is 10.5 Å². The van der Waals surface area contributed by atoms with Crippen molar-refractivity contribution < 1.29 is 9.00 Å². The summed E-state index contributed by atoms with van der Waals surface area (Å²) >= 11 is 5.46. The molecule has 62 valence electrons. The normalized spacial score (nSPS) is 21.2. The lowest BCUT2D eigenvalue weighted by molar-refractivity contribution is 0.0931. The van der Waals surface area contributed by atoms with E-state index in [2.05, 4.69) is 0 Å². The van der Waals surface area contributed by atoms with Crippen LogP contribution in [0.15, 0.2) is 29.2 Å². The van der Waals surface area contributed by atoms with Crippen molar-refractivity contribution in [3.63, 3.8) is 0 Å². The summed E-state index contributed by atoms with van der Waals surface area (Å²) in [6.45, 7) is 0. The molecule has 0 saturated carbocycles. The highest BCUT2D eigenvalue weighted by Crippen LogP contribution is 2.27. The molecule has 0 radical (unpaired) electrons. The van der Waals surface area contributed by atoms with Crippen LogP contribution in [0.3, 0.4) is 0 Å². The van der Waals surface area contributed by atoms with Crippen molar-refractivity contribution in [1.29, 1.82) is 0 Å². The van der Waals surface area contributed by atoms with Gasteiger partial charge in [-0.05, 0) is 12.1 Å². The lowest BCUT2D eigenvalue weighted by Crippen LogP contribution is -2.13. The van der Waals surface area contributed by atoms with Crippen molar-refractivity contribution in [1.82, 2.24) is 3.82 Å². The Morgan fingerprint density at radius 3 is 2.67 bits per heavy atom. The lowest BCUT2D eigenvalue weighted by Gasteiger charge is -1.98. The summed E-state index contributed by atoms with van der Waals surface area (Å²) in [6.07, 6.45) is 0. The van der Waals surface area contributed by atoms with Crippen LogP contribution in [0.25, 0.3) is 0 Å². The highest BCUT2D eigenvalue weighted by atomic mass is 35.5. The van der Waals surface area contributed by atoms with Crippen LogP contribution < -0.4 is 0 Å². The molecule has 2 rings (SSSR count). The minimum Gasteiger partial charge on any atom is -0.267 e. The molecule has 0 fully saturated rings. The molecule has 0 spiro atoms.